The summed E-state index contributed by atoms with van der Waals surface area (Å²) in [4.78, 5) is 49.7. The Morgan fingerprint density at radius 2 is 1.62 bits per heavy atom. The summed E-state index contributed by atoms with van der Waals surface area (Å²) in [6.45, 7) is 5.84. The SMILES string of the molecule is C/N=c1\ccc2c(-c3ccc(C(=O)NCCOCCOCCn4cc(-c5ccc(NC(=O)c6ccn7c(C)cc(C)nc67)cc5)nn4)cc3C(=O)O)c3ccc(N(C)C)cc3oc-2c1. The number of amides is 2. The van der Waals surface area contributed by atoms with Crippen LogP contribution in [0.4, 0.5) is 11.4 Å². The van der Waals surface area contributed by atoms with Gasteiger partial charge in [-0.25, -0.2) is 14.5 Å². The summed E-state index contributed by atoms with van der Waals surface area (Å²) >= 11 is 0. The highest BCUT2D eigenvalue weighted by Gasteiger charge is 2.23. The van der Waals surface area contributed by atoms with Crippen LogP contribution in [-0.4, -0.2) is 101 Å². The van der Waals surface area contributed by atoms with Crippen molar-refractivity contribution in [1.29, 1.82) is 0 Å². The molecule has 16 heteroatoms. The molecule has 8 rings (SSSR count). The Balaban J connectivity index is 0.792. The van der Waals surface area contributed by atoms with Crippen molar-refractivity contribution in [2.75, 3.05) is 64.3 Å². The number of hydrogen-bond acceptors (Lipinski definition) is 11. The van der Waals surface area contributed by atoms with E-state index < -0.39 is 11.9 Å². The average molecular weight is 862 g/mol. The molecule has 64 heavy (non-hydrogen) atoms. The van der Waals surface area contributed by atoms with Gasteiger partial charge in [0.15, 0.2) is 0 Å². The van der Waals surface area contributed by atoms with E-state index in [9.17, 15) is 19.5 Å². The van der Waals surface area contributed by atoms with E-state index in [0.29, 0.717) is 71.4 Å². The summed E-state index contributed by atoms with van der Waals surface area (Å²) in [5.41, 5.74) is 8.73. The molecule has 326 valence electrons. The second-order valence-electron chi connectivity index (χ2n) is 15.4. The summed E-state index contributed by atoms with van der Waals surface area (Å²) in [6.07, 6.45) is 3.67. The molecule has 3 aromatic heterocycles. The Kier molecular flexibility index (Phi) is 12.6. The number of aryl methyl sites for hydroxylation is 2. The van der Waals surface area contributed by atoms with Crippen molar-refractivity contribution in [3.05, 3.63) is 137 Å². The van der Waals surface area contributed by atoms with E-state index in [1.807, 2.05) is 116 Å². The molecule has 0 fully saturated rings. The van der Waals surface area contributed by atoms with Crippen LogP contribution in [0.25, 0.3) is 50.3 Å². The highest BCUT2D eigenvalue weighted by molar-refractivity contribution is 6.10. The minimum atomic E-state index is -1.16. The van der Waals surface area contributed by atoms with Crippen LogP contribution in [0, 0.1) is 13.8 Å². The van der Waals surface area contributed by atoms with Crippen molar-refractivity contribution < 1.29 is 33.4 Å². The van der Waals surface area contributed by atoms with Crippen molar-refractivity contribution in [3.63, 3.8) is 0 Å². The first-order valence-corrected chi connectivity index (χ1v) is 20.7. The molecule has 0 bridgehead atoms. The lowest BCUT2D eigenvalue weighted by atomic mass is 9.89. The Bertz CT molecular complexity index is 3060. The van der Waals surface area contributed by atoms with Crippen LogP contribution < -0.4 is 20.9 Å². The number of carboxylic acid groups (broad SMARTS) is 1. The molecule has 1 aliphatic carbocycles. The fourth-order valence-corrected chi connectivity index (χ4v) is 7.51. The van der Waals surface area contributed by atoms with Gasteiger partial charge in [-0.3, -0.25) is 14.6 Å². The van der Waals surface area contributed by atoms with Crippen LogP contribution in [-0.2, 0) is 16.0 Å². The van der Waals surface area contributed by atoms with Crippen molar-refractivity contribution in [2.24, 2.45) is 4.99 Å². The number of carbonyl (C=O) groups is 3. The summed E-state index contributed by atoms with van der Waals surface area (Å²) in [5.74, 6) is -1.26. The van der Waals surface area contributed by atoms with Gasteiger partial charge in [-0.1, -0.05) is 23.4 Å². The van der Waals surface area contributed by atoms with E-state index in [1.165, 1.54) is 6.07 Å². The monoisotopic (exact) mass is 861 g/mol. The number of ether oxygens (including phenoxy) is 2. The van der Waals surface area contributed by atoms with Gasteiger partial charge in [-0.15, -0.1) is 5.10 Å². The fourth-order valence-electron chi connectivity index (χ4n) is 7.51. The third-order valence-electron chi connectivity index (χ3n) is 10.8. The lowest BCUT2D eigenvalue weighted by Gasteiger charge is -2.19. The smallest absolute Gasteiger partial charge is 0.336 e. The number of benzene rings is 4. The zero-order chi connectivity index (χ0) is 44.9. The number of aromatic nitrogens is 5. The molecule has 3 N–H and O–H groups in total. The number of carboxylic acids is 1. The molecule has 4 heterocycles. The highest BCUT2D eigenvalue weighted by Crippen LogP contribution is 2.42. The van der Waals surface area contributed by atoms with E-state index in [-0.39, 0.29) is 30.2 Å². The number of anilines is 2. The highest BCUT2D eigenvalue weighted by atomic mass is 16.5. The number of hydrogen-bond donors (Lipinski definition) is 3. The van der Waals surface area contributed by atoms with Gasteiger partial charge in [-0.05, 0) is 80.1 Å². The minimum absolute atomic E-state index is 0.0135. The molecule has 0 saturated carbocycles. The Labute approximate surface area is 368 Å². The van der Waals surface area contributed by atoms with Gasteiger partial charge in [0.1, 0.15) is 22.7 Å². The molecule has 0 saturated heterocycles. The van der Waals surface area contributed by atoms with Crippen molar-refractivity contribution in [3.8, 4) is 33.7 Å². The molecule has 0 atom stereocenters. The van der Waals surface area contributed by atoms with Crippen LogP contribution in [0.15, 0.2) is 113 Å². The quantitative estimate of drug-likeness (QED) is 0.0689. The molecule has 0 radical (unpaired) electrons. The second kappa shape index (κ2) is 18.7. The third kappa shape index (κ3) is 9.23. The number of aromatic carboxylic acids is 1. The van der Waals surface area contributed by atoms with E-state index >= 15 is 0 Å². The molecular formula is C48H47N9O7. The number of carbonyl (C=O) groups excluding carboxylic acids is 2. The first kappa shape index (κ1) is 43.0. The minimum Gasteiger partial charge on any atom is -0.478 e. The maximum absolute atomic E-state index is 13.2. The standard InChI is InChI=1S/C48H47N9O7/c1-29-24-30(2)57-18-16-39(45(57)51-29)47(59)52-33-9-6-31(7-10-33)41-28-56(54-53-41)19-21-63-23-22-62-20-17-50-46(58)32-8-13-36(40(25-32)48(60)61)44-37-14-11-34(49-3)26-42(37)64-43-27-35(55(4)5)12-15-38(43)44/h6-16,18,24-28H,17,19-23H2,1-5H3,(H,50,58)(H,52,59)(H,60,61)/b49-34+. The van der Waals surface area contributed by atoms with E-state index in [0.717, 1.165) is 38.9 Å². The number of rotatable bonds is 16. The van der Waals surface area contributed by atoms with Crippen LogP contribution in [0.3, 0.4) is 0 Å². The van der Waals surface area contributed by atoms with Gasteiger partial charge >= 0.3 is 5.97 Å². The maximum atomic E-state index is 13.2. The normalized spacial score (nSPS) is 11.7. The van der Waals surface area contributed by atoms with Crippen molar-refractivity contribution in [2.45, 2.75) is 20.4 Å². The number of nitrogens with zero attached hydrogens (tertiary/aromatic N) is 7. The van der Waals surface area contributed by atoms with Gasteiger partial charge in [0, 0.05) is 96.4 Å². The number of nitrogens with one attached hydrogen (secondary N) is 2. The maximum Gasteiger partial charge on any atom is 0.336 e. The molecule has 1 aliphatic heterocycles. The summed E-state index contributed by atoms with van der Waals surface area (Å²) < 4.78 is 21.3. The molecule has 3 aromatic carbocycles. The zero-order valence-corrected chi connectivity index (χ0v) is 36.1. The lowest BCUT2D eigenvalue weighted by Crippen LogP contribution is -2.28. The Morgan fingerprint density at radius 3 is 2.39 bits per heavy atom. The largest absolute Gasteiger partial charge is 0.478 e. The number of fused-ring (bicyclic) bond motifs is 3. The van der Waals surface area contributed by atoms with E-state index in [2.05, 4.69) is 30.9 Å². The third-order valence-corrected chi connectivity index (χ3v) is 10.8. The van der Waals surface area contributed by atoms with Gasteiger partial charge in [0.05, 0.1) is 55.7 Å². The molecule has 0 spiro atoms. The van der Waals surface area contributed by atoms with Gasteiger partial charge in [0.2, 0.25) is 0 Å². The van der Waals surface area contributed by atoms with Gasteiger partial charge in [0.25, 0.3) is 11.8 Å². The topological polar surface area (TPSA) is 191 Å². The molecule has 2 amide bonds. The summed E-state index contributed by atoms with van der Waals surface area (Å²) in [5, 5.41) is 26.1. The first-order chi connectivity index (χ1) is 31.0. The summed E-state index contributed by atoms with van der Waals surface area (Å²) in [7, 11) is 5.56. The molecule has 6 aromatic rings. The van der Waals surface area contributed by atoms with Crippen molar-refractivity contribution in [1.82, 2.24) is 29.7 Å². The van der Waals surface area contributed by atoms with E-state index in [4.69, 9.17) is 13.9 Å². The molecule has 2 aliphatic rings. The fraction of sp³-hybridized carbons (Fsp3) is 0.229. The van der Waals surface area contributed by atoms with E-state index in [1.54, 1.807) is 29.9 Å². The Morgan fingerprint density at radius 1 is 0.844 bits per heavy atom. The first-order valence-electron chi connectivity index (χ1n) is 20.7. The second-order valence-corrected chi connectivity index (χ2v) is 15.4. The van der Waals surface area contributed by atoms with Gasteiger partial charge in [-0.2, -0.15) is 0 Å². The Hall–Kier alpha value is -7.69. The average Bonchev–Trinajstić information content (AvgIpc) is 3.95. The zero-order valence-electron chi connectivity index (χ0n) is 36.1. The predicted molar refractivity (Wildman–Crippen MR) is 243 cm³/mol. The van der Waals surface area contributed by atoms with Crippen LogP contribution in [0.1, 0.15) is 42.5 Å². The summed E-state index contributed by atoms with van der Waals surface area (Å²) in [6, 6.07) is 27.2. The van der Waals surface area contributed by atoms with Crippen molar-refractivity contribution >= 4 is 45.8 Å². The van der Waals surface area contributed by atoms with Crippen LogP contribution >= 0.6 is 0 Å². The predicted octanol–water partition coefficient (Wildman–Crippen LogP) is 6.74. The van der Waals surface area contributed by atoms with Crippen LogP contribution in [0.2, 0.25) is 0 Å². The van der Waals surface area contributed by atoms with Crippen LogP contribution in [0.5, 0.6) is 0 Å². The molecular weight excluding hydrogens is 815 g/mol. The lowest BCUT2D eigenvalue weighted by molar-refractivity contribution is 0.0444. The molecule has 16 nitrogen and oxygen atoms in total. The van der Waals surface area contributed by atoms with Gasteiger partial charge < -0.3 is 38.9 Å². The molecule has 0 unspecified atom stereocenters.